The van der Waals surface area contributed by atoms with Gasteiger partial charge in [0.25, 0.3) is 5.91 Å². The molecule has 2 N–H and O–H groups in total. The number of nitrogens with zero attached hydrogens (tertiary/aromatic N) is 2. The minimum Gasteiger partial charge on any atom is -0.368 e. The normalized spacial score (nSPS) is 15.9. The third-order valence-electron chi connectivity index (χ3n) is 5.72. The van der Waals surface area contributed by atoms with E-state index in [1.807, 2.05) is 19.1 Å². The second-order valence-electron chi connectivity index (χ2n) is 7.63. The fraction of sp³-hybridized carbons (Fsp3) is 0.208. The number of rotatable bonds is 5. The number of benzene rings is 2. The van der Waals surface area contributed by atoms with Crippen LogP contribution in [0.5, 0.6) is 0 Å². The summed E-state index contributed by atoms with van der Waals surface area (Å²) in [6.45, 7) is 1.83. The Labute approximate surface area is 184 Å². The van der Waals surface area contributed by atoms with Gasteiger partial charge in [0.15, 0.2) is 0 Å². The molecule has 5 nitrogen and oxygen atoms in total. The second kappa shape index (κ2) is 8.47. The highest BCUT2D eigenvalue weighted by atomic mass is 35.5. The average Bonchev–Trinajstić information content (AvgIpc) is 3.16. The van der Waals surface area contributed by atoms with Gasteiger partial charge in [0.2, 0.25) is 5.91 Å². The molecule has 2 amide bonds. The van der Waals surface area contributed by atoms with Crippen LogP contribution in [-0.2, 0) is 11.2 Å². The summed E-state index contributed by atoms with van der Waals surface area (Å²) in [5.74, 6) is -1.46. The lowest BCUT2D eigenvalue weighted by Gasteiger charge is -2.36. The first-order chi connectivity index (χ1) is 14.9. The second-order valence-corrected chi connectivity index (χ2v) is 8.06. The number of pyridine rings is 1. The van der Waals surface area contributed by atoms with E-state index in [1.165, 1.54) is 17.2 Å². The number of fused-ring (bicyclic) bond motifs is 1. The Morgan fingerprint density at radius 3 is 2.68 bits per heavy atom. The number of carbonyl (C=O) groups excluding carboxylic acids is 2. The summed E-state index contributed by atoms with van der Waals surface area (Å²) >= 11 is 6.13. The number of carbonyl (C=O) groups is 2. The Balaban J connectivity index is 1.90. The lowest BCUT2D eigenvalue weighted by molar-refractivity contribution is -0.123. The molecule has 0 unspecified atom stereocenters. The summed E-state index contributed by atoms with van der Waals surface area (Å²) < 4.78 is 14.6. The average molecular weight is 438 g/mol. The van der Waals surface area contributed by atoms with E-state index in [4.69, 9.17) is 17.3 Å². The van der Waals surface area contributed by atoms with Gasteiger partial charge in [0.05, 0.1) is 6.04 Å². The van der Waals surface area contributed by atoms with Crippen LogP contribution in [0.4, 0.5) is 4.39 Å². The van der Waals surface area contributed by atoms with E-state index in [9.17, 15) is 14.0 Å². The molecule has 0 bridgehead atoms. The first-order valence-electron chi connectivity index (χ1n) is 9.94. The predicted molar refractivity (Wildman–Crippen MR) is 116 cm³/mol. The van der Waals surface area contributed by atoms with Crippen LogP contribution in [0.15, 0.2) is 60.9 Å². The van der Waals surface area contributed by atoms with Gasteiger partial charge in [-0.1, -0.05) is 35.9 Å². The van der Waals surface area contributed by atoms with Crippen molar-refractivity contribution in [3.8, 4) is 0 Å². The molecule has 1 aliphatic rings. The molecule has 0 aliphatic heterocycles. The molecule has 158 valence electrons. The summed E-state index contributed by atoms with van der Waals surface area (Å²) in [5, 5.41) is 0.239. The van der Waals surface area contributed by atoms with Gasteiger partial charge in [-0.3, -0.25) is 14.6 Å². The molecule has 0 saturated carbocycles. The molecular formula is C24H21ClFN3O2. The van der Waals surface area contributed by atoms with Crippen LogP contribution in [0.1, 0.15) is 51.1 Å². The van der Waals surface area contributed by atoms with Crippen LogP contribution < -0.4 is 5.73 Å². The van der Waals surface area contributed by atoms with Crippen LogP contribution in [0, 0.1) is 12.7 Å². The van der Waals surface area contributed by atoms with Crippen molar-refractivity contribution in [2.24, 2.45) is 5.73 Å². The number of nitrogens with two attached hydrogens (primary N) is 1. The third kappa shape index (κ3) is 3.91. The first kappa shape index (κ1) is 21.0. The van der Waals surface area contributed by atoms with Crippen LogP contribution in [0.3, 0.4) is 0 Å². The van der Waals surface area contributed by atoms with Gasteiger partial charge in [0.1, 0.15) is 11.9 Å². The standard InChI is InChI=1S/C24H21ClFN3O2/c1-14-5-2-3-7-17(14)24(31)29(22(23(27)30)15-6-4-10-28-13-15)21-9-8-18-19(21)11-16(25)12-20(18)26/h2-7,10-13,21-22H,8-9H2,1H3,(H2,27,30)/t21-,22-/m1/s1. The smallest absolute Gasteiger partial charge is 0.255 e. The molecule has 0 saturated heterocycles. The van der Waals surface area contributed by atoms with Gasteiger partial charge >= 0.3 is 0 Å². The maximum Gasteiger partial charge on any atom is 0.255 e. The largest absolute Gasteiger partial charge is 0.368 e. The number of hydrogen-bond acceptors (Lipinski definition) is 3. The Bertz CT molecular complexity index is 1150. The molecular weight excluding hydrogens is 417 g/mol. The highest BCUT2D eigenvalue weighted by Gasteiger charge is 2.40. The van der Waals surface area contributed by atoms with Crippen molar-refractivity contribution in [3.05, 3.63) is 99.6 Å². The van der Waals surface area contributed by atoms with Crippen molar-refractivity contribution in [2.75, 3.05) is 0 Å². The Morgan fingerprint density at radius 1 is 1.23 bits per heavy atom. The van der Waals surface area contributed by atoms with E-state index >= 15 is 0 Å². The molecule has 1 heterocycles. The van der Waals surface area contributed by atoms with Crippen LogP contribution in [0.2, 0.25) is 5.02 Å². The molecule has 4 rings (SSSR count). The molecule has 1 aromatic heterocycles. The van der Waals surface area contributed by atoms with Crippen molar-refractivity contribution in [3.63, 3.8) is 0 Å². The minimum absolute atomic E-state index is 0.239. The SMILES string of the molecule is Cc1ccccc1C(=O)N([C@@H]1CCc2c(F)cc(Cl)cc21)[C@@H](C(N)=O)c1cccnc1. The zero-order valence-corrected chi connectivity index (χ0v) is 17.6. The number of aromatic nitrogens is 1. The molecule has 2 aromatic carbocycles. The third-order valence-corrected chi connectivity index (χ3v) is 5.93. The molecule has 2 atom stereocenters. The van der Waals surface area contributed by atoms with E-state index in [0.717, 1.165) is 5.56 Å². The zero-order valence-electron chi connectivity index (χ0n) is 16.9. The summed E-state index contributed by atoms with van der Waals surface area (Å²) in [4.78, 5) is 32.0. The number of aryl methyl sites for hydroxylation is 1. The minimum atomic E-state index is -1.07. The van der Waals surface area contributed by atoms with Gasteiger partial charge in [-0.05, 0) is 60.7 Å². The summed E-state index contributed by atoms with van der Waals surface area (Å²) in [7, 11) is 0. The van der Waals surface area contributed by atoms with Gasteiger partial charge in [-0.25, -0.2) is 4.39 Å². The lowest BCUT2D eigenvalue weighted by atomic mass is 9.97. The fourth-order valence-corrected chi connectivity index (χ4v) is 4.51. The van der Waals surface area contributed by atoms with Gasteiger partial charge in [-0.15, -0.1) is 0 Å². The molecule has 0 spiro atoms. The van der Waals surface area contributed by atoms with E-state index in [2.05, 4.69) is 4.98 Å². The summed E-state index contributed by atoms with van der Waals surface area (Å²) in [5.41, 5.74) is 8.63. The summed E-state index contributed by atoms with van der Waals surface area (Å²) in [6.07, 6.45) is 3.98. The van der Waals surface area contributed by atoms with Crippen LogP contribution >= 0.6 is 11.6 Å². The Hall–Kier alpha value is -3.25. The van der Waals surface area contributed by atoms with Crippen molar-refractivity contribution in [2.45, 2.75) is 31.8 Å². The van der Waals surface area contributed by atoms with Gasteiger partial charge in [-0.2, -0.15) is 0 Å². The molecule has 3 aromatic rings. The summed E-state index contributed by atoms with van der Waals surface area (Å²) in [6, 6.07) is 11.8. The van der Waals surface area contributed by atoms with Crippen molar-refractivity contribution < 1.29 is 14.0 Å². The van der Waals surface area contributed by atoms with Crippen molar-refractivity contribution in [1.29, 1.82) is 0 Å². The predicted octanol–water partition coefficient (Wildman–Crippen LogP) is 4.54. The maximum absolute atomic E-state index is 14.6. The molecule has 1 aliphatic carbocycles. The number of halogens is 2. The lowest BCUT2D eigenvalue weighted by Crippen LogP contribution is -2.43. The Kier molecular flexibility index (Phi) is 5.74. The number of hydrogen-bond donors (Lipinski definition) is 1. The highest BCUT2D eigenvalue weighted by molar-refractivity contribution is 6.30. The fourth-order valence-electron chi connectivity index (χ4n) is 4.30. The number of amides is 2. The molecule has 31 heavy (non-hydrogen) atoms. The molecule has 0 fully saturated rings. The maximum atomic E-state index is 14.6. The first-order valence-corrected chi connectivity index (χ1v) is 10.3. The van der Waals surface area contributed by atoms with E-state index in [1.54, 1.807) is 36.5 Å². The monoisotopic (exact) mass is 437 g/mol. The molecule has 0 radical (unpaired) electrons. The highest BCUT2D eigenvalue weighted by Crippen LogP contribution is 2.43. The van der Waals surface area contributed by atoms with Crippen LogP contribution in [-0.4, -0.2) is 21.7 Å². The topological polar surface area (TPSA) is 76.3 Å². The van der Waals surface area contributed by atoms with Gasteiger partial charge < -0.3 is 10.6 Å². The van der Waals surface area contributed by atoms with Crippen molar-refractivity contribution in [1.82, 2.24) is 9.88 Å². The Morgan fingerprint density at radius 2 is 2.00 bits per heavy atom. The van der Waals surface area contributed by atoms with E-state index in [0.29, 0.717) is 35.1 Å². The van der Waals surface area contributed by atoms with E-state index in [-0.39, 0.29) is 10.9 Å². The quantitative estimate of drug-likeness (QED) is 0.636. The van der Waals surface area contributed by atoms with Gasteiger partial charge in [0, 0.05) is 28.5 Å². The molecule has 7 heteroatoms. The van der Waals surface area contributed by atoms with E-state index < -0.39 is 23.8 Å². The van der Waals surface area contributed by atoms with Crippen LogP contribution in [0.25, 0.3) is 0 Å². The van der Waals surface area contributed by atoms with Crippen molar-refractivity contribution >= 4 is 23.4 Å². The number of primary amides is 1. The zero-order chi connectivity index (χ0) is 22.1.